The number of piperazine rings is 1. The lowest BCUT2D eigenvalue weighted by Crippen LogP contribution is -2.57. The number of amides is 1. The van der Waals surface area contributed by atoms with Gasteiger partial charge in [-0.15, -0.1) is 0 Å². The van der Waals surface area contributed by atoms with Gasteiger partial charge in [0.15, 0.2) is 0 Å². The maximum atomic E-state index is 11.7. The fourth-order valence-corrected chi connectivity index (χ4v) is 2.84. The molecule has 1 amide bonds. The first-order valence-electron chi connectivity index (χ1n) is 6.36. The molecule has 1 atom stereocenters. The van der Waals surface area contributed by atoms with Crippen molar-refractivity contribution in [1.82, 2.24) is 10.2 Å². The molecule has 0 radical (unpaired) electrons. The maximum absolute atomic E-state index is 11.7. The molecule has 0 spiro atoms. The first-order valence-corrected chi connectivity index (χ1v) is 6.36. The Morgan fingerprint density at radius 1 is 1.50 bits per heavy atom. The van der Waals surface area contributed by atoms with Crippen molar-refractivity contribution in [3.8, 4) is 0 Å². The lowest BCUT2D eigenvalue weighted by Gasteiger charge is -2.38. The highest BCUT2D eigenvalue weighted by Gasteiger charge is 2.33. The van der Waals surface area contributed by atoms with E-state index in [2.05, 4.69) is 5.32 Å². The molecular weight excluding hydrogens is 202 g/mol. The smallest absolute Gasteiger partial charge is 0.242 e. The van der Waals surface area contributed by atoms with Gasteiger partial charge >= 0.3 is 0 Å². The average Bonchev–Trinajstić information content (AvgIpc) is 2.81. The lowest BCUT2D eigenvalue weighted by molar-refractivity contribution is -0.127. The van der Waals surface area contributed by atoms with Crippen LogP contribution in [0.3, 0.4) is 0 Å². The Hall–Kier alpha value is -1.06. The summed E-state index contributed by atoms with van der Waals surface area (Å²) in [4.78, 5) is 13.7. The van der Waals surface area contributed by atoms with Crippen molar-refractivity contribution in [2.24, 2.45) is 5.92 Å². The van der Waals surface area contributed by atoms with Gasteiger partial charge in [0.2, 0.25) is 5.91 Å². The van der Waals surface area contributed by atoms with Gasteiger partial charge in [-0.3, -0.25) is 10.2 Å². The van der Waals surface area contributed by atoms with Crippen LogP contribution in [0, 0.1) is 11.3 Å². The Bertz CT molecular complexity index is 284. The summed E-state index contributed by atoms with van der Waals surface area (Å²) in [6, 6.07) is -0.109. The number of nitrogens with one attached hydrogen (secondary N) is 2. The molecule has 16 heavy (non-hydrogen) atoms. The second kappa shape index (κ2) is 4.85. The Balaban J connectivity index is 2.05. The van der Waals surface area contributed by atoms with Gasteiger partial charge in [-0.1, -0.05) is 19.8 Å². The van der Waals surface area contributed by atoms with Gasteiger partial charge < -0.3 is 10.2 Å². The van der Waals surface area contributed by atoms with E-state index in [4.69, 9.17) is 5.41 Å². The minimum atomic E-state index is -0.109. The molecule has 1 unspecified atom stereocenters. The molecule has 1 saturated carbocycles. The second-order valence-corrected chi connectivity index (χ2v) is 4.78. The molecule has 0 bridgehead atoms. The molecule has 0 aromatic rings. The fourth-order valence-electron chi connectivity index (χ4n) is 2.84. The zero-order chi connectivity index (χ0) is 11.5. The first kappa shape index (κ1) is 11.4. The molecular formula is C12H21N3O. The molecule has 2 aliphatic rings. The van der Waals surface area contributed by atoms with E-state index in [0.717, 1.165) is 25.8 Å². The zero-order valence-electron chi connectivity index (χ0n) is 9.96. The van der Waals surface area contributed by atoms with Gasteiger partial charge in [-0.25, -0.2) is 0 Å². The van der Waals surface area contributed by atoms with Crippen molar-refractivity contribution in [2.75, 3.05) is 13.1 Å². The van der Waals surface area contributed by atoms with Crippen LogP contribution in [0.5, 0.6) is 0 Å². The Morgan fingerprint density at radius 3 is 2.81 bits per heavy atom. The van der Waals surface area contributed by atoms with Crippen molar-refractivity contribution in [2.45, 2.75) is 45.1 Å². The van der Waals surface area contributed by atoms with Crippen LogP contribution in [0.4, 0.5) is 0 Å². The number of carbonyl (C=O) groups is 1. The molecule has 1 aliphatic carbocycles. The van der Waals surface area contributed by atoms with Crippen molar-refractivity contribution in [3.63, 3.8) is 0 Å². The van der Waals surface area contributed by atoms with Crippen molar-refractivity contribution >= 4 is 11.7 Å². The predicted molar refractivity (Wildman–Crippen MR) is 63.5 cm³/mol. The molecule has 2 N–H and O–H groups in total. The minimum absolute atomic E-state index is 0.0940. The highest BCUT2D eigenvalue weighted by molar-refractivity contribution is 5.90. The Kier molecular flexibility index (Phi) is 3.46. The molecule has 90 valence electrons. The normalized spacial score (nSPS) is 26.9. The van der Waals surface area contributed by atoms with E-state index >= 15 is 0 Å². The Labute approximate surface area is 96.9 Å². The maximum Gasteiger partial charge on any atom is 0.242 e. The number of carbonyl (C=O) groups excluding carboxylic acids is 1. The summed E-state index contributed by atoms with van der Waals surface area (Å²) < 4.78 is 0. The third-order valence-corrected chi connectivity index (χ3v) is 3.77. The third kappa shape index (κ3) is 2.06. The summed E-state index contributed by atoms with van der Waals surface area (Å²) in [5, 5.41) is 11.1. The van der Waals surface area contributed by atoms with Gasteiger partial charge in [0.05, 0.1) is 5.84 Å². The number of nitrogens with zero attached hydrogens (tertiary/aromatic N) is 1. The van der Waals surface area contributed by atoms with Crippen LogP contribution in [0.15, 0.2) is 0 Å². The van der Waals surface area contributed by atoms with Gasteiger partial charge in [0.25, 0.3) is 0 Å². The van der Waals surface area contributed by atoms with Crippen LogP contribution >= 0.6 is 0 Å². The van der Waals surface area contributed by atoms with Gasteiger partial charge in [-0.2, -0.15) is 0 Å². The van der Waals surface area contributed by atoms with Crippen LogP contribution in [0.1, 0.15) is 39.0 Å². The summed E-state index contributed by atoms with van der Waals surface area (Å²) in [5.74, 6) is 1.20. The van der Waals surface area contributed by atoms with E-state index < -0.39 is 0 Å². The van der Waals surface area contributed by atoms with Crippen LogP contribution in [-0.2, 0) is 4.79 Å². The first-order chi connectivity index (χ1) is 7.74. The van der Waals surface area contributed by atoms with Crippen LogP contribution < -0.4 is 5.32 Å². The molecule has 2 rings (SSSR count). The SMILES string of the molecule is CCC1C(=O)NCCN1C(=N)C1CCCC1. The lowest BCUT2D eigenvalue weighted by atomic mass is 10.0. The summed E-state index contributed by atoms with van der Waals surface area (Å²) >= 11 is 0. The van der Waals surface area contributed by atoms with E-state index in [-0.39, 0.29) is 11.9 Å². The highest BCUT2D eigenvalue weighted by atomic mass is 16.2. The topological polar surface area (TPSA) is 56.2 Å². The molecule has 4 nitrogen and oxygen atoms in total. The second-order valence-electron chi connectivity index (χ2n) is 4.78. The van der Waals surface area contributed by atoms with Gasteiger partial charge in [-0.05, 0) is 19.3 Å². The monoisotopic (exact) mass is 223 g/mol. The van der Waals surface area contributed by atoms with Crippen LogP contribution in [0.25, 0.3) is 0 Å². The molecule has 0 aromatic carbocycles. The molecule has 1 aliphatic heterocycles. The molecule has 1 heterocycles. The molecule has 0 aromatic heterocycles. The van der Waals surface area contributed by atoms with Gasteiger partial charge in [0.1, 0.15) is 6.04 Å². The van der Waals surface area contributed by atoms with Crippen LogP contribution in [-0.4, -0.2) is 35.8 Å². The summed E-state index contributed by atoms with van der Waals surface area (Å²) in [6.45, 7) is 3.51. The van der Waals surface area contributed by atoms with E-state index in [1.165, 1.54) is 12.8 Å². The number of rotatable bonds is 2. The minimum Gasteiger partial charge on any atom is -0.353 e. The van der Waals surface area contributed by atoms with Crippen molar-refractivity contribution < 1.29 is 4.79 Å². The summed E-state index contributed by atoms with van der Waals surface area (Å²) in [7, 11) is 0. The molecule has 4 heteroatoms. The summed E-state index contributed by atoms with van der Waals surface area (Å²) in [5.41, 5.74) is 0. The number of amidine groups is 1. The fraction of sp³-hybridized carbons (Fsp3) is 0.833. The molecule has 2 fully saturated rings. The third-order valence-electron chi connectivity index (χ3n) is 3.77. The largest absolute Gasteiger partial charge is 0.353 e. The van der Waals surface area contributed by atoms with E-state index in [0.29, 0.717) is 18.3 Å². The van der Waals surface area contributed by atoms with Crippen molar-refractivity contribution in [1.29, 1.82) is 5.41 Å². The van der Waals surface area contributed by atoms with Crippen molar-refractivity contribution in [3.05, 3.63) is 0 Å². The molecule has 1 saturated heterocycles. The van der Waals surface area contributed by atoms with E-state index in [1.54, 1.807) is 0 Å². The number of hydrogen-bond donors (Lipinski definition) is 2. The van der Waals surface area contributed by atoms with Crippen LogP contribution in [0.2, 0.25) is 0 Å². The quantitative estimate of drug-likeness (QED) is 0.548. The van der Waals surface area contributed by atoms with Gasteiger partial charge in [0, 0.05) is 19.0 Å². The zero-order valence-corrected chi connectivity index (χ0v) is 9.96. The average molecular weight is 223 g/mol. The number of hydrogen-bond acceptors (Lipinski definition) is 2. The standard InChI is InChI=1S/C12H21N3O/c1-2-10-12(16)14-7-8-15(10)11(13)9-5-3-4-6-9/h9-10,13H,2-8H2,1H3,(H,14,16). The van der Waals surface area contributed by atoms with E-state index in [1.807, 2.05) is 11.8 Å². The highest BCUT2D eigenvalue weighted by Crippen LogP contribution is 2.28. The Morgan fingerprint density at radius 2 is 2.19 bits per heavy atom. The van der Waals surface area contributed by atoms with E-state index in [9.17, 15) is 4.79 Å². The summed E-state index contributed by atoms with van der Waals surface area (Å²) in [6.07, 6.45) is 5.54. The predicted octanol–water partition coefficient (Wildman–Crippen LogP) is 1.36.